The zero-order valence-corrected chi connectivity index (χ0v) is 18.3. The molecule has 7 heteroatoms. The van der Waals surface area contributed by atoms with Crippen LogP contribution in [-0.4, -0.2) is 39.0 Å². The Balaban J connectivity index is 1.40. The van der Waals surface area contributed by atoms with Crippen molar-refractivity contribution in [1.29, 1.82) is 0 Å². The van der Waals surface area contributed by atoms with E-state index < -0.39 is 0 Å². The molecule has 4 rings (SSSR count). The quantitative estimate of drug-likeness (QED) is 0.579. The Kier molecular flexibility index (Phi) is 5.54. The molecule has 1 aliphatic heterocycles. The topological polar surface area (TPSA) is 51.1 Å². The second kappa shape index (κ2) is 7.93. The fourth-order valence-electron chi connectivity index (χ4n) is 3.78. The number of pyridine rings is 2. The predicted octanol–water partition coefficient (Wildman–Crippen LogP) is 5.27. The molecule has 0 spiro atoms. The number of nitrogens with zero attached hydrogens (tertiary/aromatic N) is 4. The Morgan fingerprint density at radius 2 is 1.89 bits per heavy atom. The highest BCUT2D eigenvalue weighted by Gasteiger charge is 2.26. The molecule has 0 aromatic carbocycles. The number of halogens is 1. The van der Waals surface area contributed by atoms with Crippen LogP contribution in [0.15, 0.2) is 18.2 Å². The minimum absolute atomic E-state index is 0.179. The Morgan fingerprint density at radius 3 is 2.64 bits per heavy atom. The van der Waals surface area contributed by atoms with Gasteiger partial charge in [0.05, 0.1) is 21.1 Å². The van der Waals surface area contributed by atoms with Crippen LogP contribution in [0.5, 0.6) is 5.75 Å². The number of aromatic nitrogens is 3. The third-order valence-corrected chi connectivity index (χ3v) is 6.73. The summed E-state index contributed by atoms with van der Waals surface area (Å²) in [5, 5.41) is 1.68. The van der Waals surface area contributed by atoms with Gasteiger partial charge in [0.1, 0.15) is 16.9 Å². The number of ether oxygens (including phenoxy) is 1. The van der Waals surface area contributed by atoms with Gasteiger partial charge < -0.3 is 4.74 Å². The molecule has 0 amide bonds. The standard InChI is InChI=1S/C21H25ClN4OS/c1-12-11-18(20(22)13(2)23-12)27-16-7-9-26(10-8-16)14(3)17-5-6-19-21(25-17)24-15(4)28-19/h5-6,11,14,16H,7-10H2,1-4H3. The van der Waals surface area contributed by atoms with Crippen LogP contribution in [0.1, 0.15) is 47.9 Å². The maximum Gasteiger partial charge on any atom is 0.170 e. The summed E-state index contributed by atoms with van der Waals surface area (Å²) in [4.78, 5) is 16.2. The van der Waals surface area contributed by atoms with E-state index in [0.717, 1.165) is 64.1 Å². The third kappa shape index (κ3) is 4.00. The maximum absolute atomic E-state index is 6.38. The Labute approximate surface area is 174 Å². The third-order valence-electron chi connectivity index (χ3n) is 5.35. The molecular weight excluding hydrogens is 392 g/mol. The second-order valence-corrected chi connectivity index (χ2v) is 9.09. The number of rotatable bonds is 4. The van der Waals surface area contributed by atoms with Crippen LogP contribution in [0.3, 0.4) is 0 Å². The highest BCUT2D eigenvalue weighted by atomic mass is 35.5. The molecule has 1 unspecified atom stereocenters. The molecule has 3 aromatic rings. The van der Waals surface area contributed by atoms with Crippen molar-refractivity contribution in [2.24, 2.45) is 0 Å². The van der Waals surface area contributed by atoms with Gasteiger partial charge in [-0.15, -0.1) is 11.3 Å². The average molecular weight is 417 g/mol. The first kappa shape index (κ1) is 19.6. The SMILES string of the molecule is Cc1cc(OC2CCN(C(C)c3ccc4sc(C)nc4n3)CC2)c(Cl)c(C)n1. The van der Waals surface area contributed by atoms with E-state index >= 15 is 0 Å². The Hall–Kier alpha value is -1.76. The van der Waals surface area contributed by atoms with Gasteiger partial charge in [-0.25, -0.2) is 9.97 Å². The normalized spacial score (nSPS) is 17.2. The highest BCUT2D eigenvalue weighted by Crippen LogP contribution is 2.31. The first-order valence-electron chi connectivity index (χ1n) is 9.69. The summed E-state index contributed by atoms with van der Waals surface area (Å²) in [5.74, 6) is 0.754. The minimum atomic E-state index is 0.179. The summed E-state index contributed by atoms with van der Waals surface area (Å²) in [6.45, 7) is 10.1. The summed E-state index contributed by atoms with van der Waals surface area (Å²) < 4.78 is 7.37. The van der Waals surface area contributed by atoms with Crippen molar-refractivity contribution in [3.05, 3.63) is 45.3 Å². The molecule has 0 radical (unpaired) electrons. The zero-order chi connectivity index (χ0) is 19.8. The van der Waals surface area contributed by atoms with Crippen molar-refractivity contribution in [2.75, 3.05) is 13.1 Å². The van der Waals surface area contributed by atoms with Crippen LogP contribution in [0.4, 0.5) is 0 Å². The van der Waals surface area contributed by atoms with Gasteiger partial charge >= 0.3 is 0 Å². The number of aryl methyl sites for hydroxylation is 3. The lowest BCUT2D eigenvalue weighted by Crippen LogP contribution is -2.39. The van der Waals surface area contributed by atoms with E-state index in [0.29, 0.717) is 5.02 Å². The molecule has 28 heavy (non-hydrogen) atoms. The Morgan fingerprint density at radius 1 is 1.14 bits per heavy atom. The molecule has 5 nitrogen and oxygen atoms in total. The molecule has 0 aliphatic carbocycles. The van der Waals surface area contributed by atoms with E-state index in [-0.39, 0.29) is 12.1 Å². The largest absolute Gasteiger partial charge is 0.489 e. The molecule has 0 N–H and O–H groups in total. The number of piperidine rings is 1. The molecule has 0 bridgehead atoms. The van der Waals surface area contributed by atoms with Crippen LogP contribution in [0, 0.1) is 20.8 Å². The summed E-state index contributed by atoms with van der Waals surface area (Å²) in [5.41, 5.74) is 3.70. The molecule has 148 valence electrons. The predicted molar refractivity (Wildman–Crippen MR) is 115 cm³/mol. The first-order chi connectivity index (χ1) is 13.4. The van der Waals surface area contributed by atoms with Crippen molar-refractivity contribution in [3.63, 3.8) is 0 Å². The summed E-state index contributed by atoms with van der Waals surface area (Å²) in [6.07, 6.45) is 2.12. The van der Waals surface area contributed by atoms with Crippen LogP contribution in [0.25, 0.3) is 10.3 Å². The number of hydrogen-bond acceptors (Lipinski definition) is 6. The fourth-order valence-corrected chi connectivity index (χ4v) is 4.69. The maximum atomic E-state index is 6.38. The van der Waals surface area contributed by atoms with E-state index in [1.165, 1.54) is 0 Å². The van der Waals surface area contributed by atoms with Crippen molar-refractivity contribution < 1.29 is 4.74 Å². The zero-order valence-electron chi connectivity index (χ0n) is 16.7. The monoisotopic (exact) mass is 416 g/mol. The second-order valence-electron chi connectivity index (χ2n) is 7.48. The van der Waals surface area contributed by atoms with Crippen molar-refractivity contribution in [2.45, 2.75) is 52.7 Å². The molecule has 0 saturated carbocycles. The van der Waals surface area contributed by atoms with Crippen LogP contribution in [0.2, 0.25) is 5.02 Å². The lowest BCUT2D eigenvalue weighted by molar-refractivity contribution is 0.0786. The van der Waals surface area contributed by atoms with Gasteiger partial charge in [-0.3, -0.25) is 9.88 Å². The number of thiazole rings is 1. The van der Waals surface area contributed by atoms with Crippen molar-refractivity contribution in [3.8, 4) is 5.75 Å². The van der Waals surface area contributed by atoms with E-state index in [9.17, 15) is 0 Å². The minimum Gasteiger partial charge on any atom is -0.489 e. The molecule has 4 heterocycles. The van der Waals surface area contributed by atoms with Gasteiger partial charge in [0.15, 0.2) is 5.65 Å². The van der Waals surface area contributed by atoms with Crippen molar-refractivity contribution in [1.82, 2.24) is 19.9 Å². The summed E-state index contributed by atoms with van der Waals surface area (Å²) in [6, 6.07) is 6.47. The van der Waals surface area contributed by atoms with E-state index in [2.05, 4.69) is 33.9 Å². The molecular formula is C21H25ClN4OS. The van der Waals surface area contributed by atoms with Crippen molar-refractivity contribution >= 4 is 33.3 Å². The smallest absolute Gasteiger partial charge is 0.170 e. The van der Waals surface area contributed by atoms with E-state index in [4.69, 9.17) is 21.3 Å². The summed E-state index contributed by atoms with van der Waals surface area (Å²) >= 11 is 8.08. The number of likely N-dealkylation sites (tertiary alicyclic amines) is 1. The van der Waals surface area contributed by atoms with Gasteiger partial charge in [0, 0.05) is 30.9 Å². The van der Waals surface area contributed by atoms with Gasteiger partial charge in [0.25, 0.3) is 0 Å². The van der Waals surface area contributed by atoms with Gasteiger partial charge in [-0.1, -0.05) is 11.6 Å². The van der Waals surface area contributed by atoms with E-state index in [1.54, 1.807) is 11.3 Å². The van der Waals surface area contributed by atoms with E-state index in [1.807, 2.05) is 26.8 Å². The van der Waals surface area contributed by atoms with Crippen LogP contribution >= 0.6 is 22.9 Å². The number of fused-ring (bicyclic) bond motifs is 1. The fraction of sp³-hybridized carbons (Fsp3) is 0.476. The van der Waals surface area contributed by atoms with Gasteiger partial charge in [0.2, 0.25) is 0 Å². The number of hydrogen-bond donors (Lipinski definition) is 0. The Bertz CT molecular complexity index is 997. The molecule has 1 saturated heterocycles. The van der Waals surface area contributed by atoms with Gasteiger partial charge in [-0.05, 0) is 52.7 Å². The average Bonchev–Trinajstić information content (AvgIpc) is 3.05. The summed E-state index contributed by atoms with van der Waals surface area (Å²) in [7, 11) is 0. The van der Waals surface area contributed by atoms with Gasteiger partial charge in [-0.2, -0.15) is 0 Å². The molecule has 3 aromatic heterocycles. The van der Waals surface area contributed by atoms with Crippen LogP contribution < -0.4 is 4.74 Å². The molecule has 1 atom stereocenters. The molecule has 1 fully saturated rings. The lowest BCUT2D eigenvalue weighted by atomic mass is 10.0. The highest BCUT2D eigenvalue weighted by molar-refractivity contribution is 7.18. The lowest BCUT2D eigenvalue weighted by Gasteiger charge is -2.36. The van der Waals surface area contributed by atoms with Crippen LogP contribution in [-0.2, 0) is 0 Å². The first-order valence-corrected chi connectivity index (χ1v) is 10.9. The molecule has 1 aliphatic rings.